The molecule has 9 heteroatoms. The van der Waals surface area contributed by atoms with Crippen molar-refractivity contribution >= 4 is 11.7 Å². The van der Waals surface area contributed by atoms with Gasteiger partial charge in [-0.1, -0.05) is 38.5 Å². The van der Waals surface area contributed by atoms with Crippen LogP contribution < -0.4 is 10.6 Å². The van der Waals surface area contributed by atoms with Gasteiger partial charge in [-0.05, 0) is 69.9 Å². The second-order valence-electron chi connectivity index (χ2n) is 14.1. The molecule has 0 radical (unpaired) electrons. The van der Waals surface area contributed by atoms with Crippen molar-refractivity contribution in [2.24, 2.45) is 17.8 Å². The highest BCUT2D eigenvalue weighted by molar-refractivity contribution is 6.20. The number of rotatable bonds is 7. The number of carbonyl (C=O) groups is 2. The molecule has 3 heterocycles. The van der Waals surface area contributed by atoms with Crippen LogP contribution in [0, 0.1) is 17.8 Å². The highest BCUT2D eigenvalue weighted by atomic mass is 19.1. The number of ketones is 1. The number of amides is 1. The number of morpholine rings is 2. The lowest BCUT2D eigenvalue weighted by Crippen LogP contribution is -2.74. The van der Waals surface area contributed by atoms with Crippen LogP contribution in [0.15, 0.2) is 11.8 Å². The van der Waals surface area contributed by atoms with Crippen LogP contribution in [0.2, 0.25) is 0 Å². The fourth-order valence-corrected chi connectivity index (χ4v) is 9.71. The Bertz CT molecular complexity index is 1010. The molecule has 2 N–H and O–H groups in total. The number of Topliss-reactive ketones (excluding diaryl/α,β-unsaturated/α-hetero) is 1. The molecule has 0 bridgehead atoms. The molecule has 7 rings (SSSR count). The summed E-state index contributed by atoms with van der Waals surface area (Å²) in [6.07, 6.45) is 15.0. The van der Waals surface area contributed by atoms with Gasteiger partial charge in [-0.2, -0.15) is 0 Å². The van der Waals surface area contributed by atoms with Crippen LogP contribution in [0.5, 0.6) is 0 Å². The molecular weight excluding hydrogens is 535 g/mol. The zero-order valence-electron chi connectivity index (χ0n) is 25.2. The average molecular weight is 587 g/mol. The quantitative estimate of drug-likeness (QED) is 0.350. The van der Waals surface area contributed by atoms with Gasteiger partial charge in [-0.25, -0.2) is 4.39 Å². The van der Waals surface area contributed by atoms with E-state index in [1.807, 2.05) is 6.20 Å². The van der Waals surface area contributed by atoms with Gasteiger partial charge in [-0.3, -0.25) is 9.59 Å². The van der Waals surface area contributed by atoms with Crippen molar-refractivity contribution in [3.05, 3.63) is 11.8 Å². The molecule has 4 saturated carbocycles. The van der Waals surface area contributed by atoms with Crippen molar-refractivity contribution in [1.82, 2.24) is 20.4 Å². The van der Waals surface area contributed by atoms with E-state index in [0.717, 1.165) is 32.4 Å². The Morgan fingerprint density at radius 3 is 2.52 bits per heavy atom. The smallest absolute Gasteiger partial charge is 0.259 e. The van der Waals surface area contributed by atoms with Gasteiger partial charge in [0.05, 0.1) is 49.1 Å². The Kier molecular flexibility index (Phi) is 8.91. The summed E-state index contributed by atoms with van der Waals surface area (Å²) in [5.41, 5.74) is 0.253. The maximum atomic E-state index is 16.1. The predicted molar refractivity (Wildman–Crippen MR) is 158 cm³/mol. The summed E-state index contributed by atoms with van der Waals surface area (Å²) in [6.45, 7) is 3.63. The Balaban J connectivity index is 1.12. The minimum absolute atomic E-state index is 0.0120. The second-order valence-corrected chi connectivity index (χ2v) is 14.1. The van der Waals surface area contributed by atoms with Gasteiger partial charge < -0.3 is 29.9 Å². The molecule has 2 saturated heterocycles. The molecule has 0 aromatic heterocycles. The number of nitrogens with zero attached hydrogens (tertiary/aromatic N) is 2. The summed E-state index contributed by atoms with van der Waals surface area (Å²) in [4.78, 5) is 31.8. The molecule has 0 spiro atoms. The molecule has 3 aliphatic heterocycles. The fourth-order valence-electron chi connectivity index (χ4n) is 9.71. The normalized spacial score (nSPS) is 40.5. The summed E-state index contributed by atoms with van der Waals surface area (Å²) in [7, 11) is 0. The number of nitrogens with one attached hydrogen (secondary N) is 2. The number of hydrogen-bond acceptors (Lipinski definition) is 7. The first kappa shape index (κ1) is 29.2. The molecule has 0 aromatic rings. The lowest BCUT2D eigenvalue weighted by atomic mass is 9.63. The van der Waals surface area contributed by atoms with Crippen molar-refractivity contribution in [1.29, 1.82) is 0 Å². The third-order valence-electron chi connectivity index (χ3n) is 11.8. The third kappa shape index (κ3) is 5.56. The summed E-state index contributed by atoms with van der Waals surface area (Å²) in [5.74, 6) is 0.229. The van der Waals surface area contributed by atoms with E-state index >= 15 is 4.39 Å². The van der Waals surface area contributed by atoms with E-state index in [2.05, 4.69) is 15.5 Å². The van der Waals surface area contributed by atoms with Gasteiger partial charge in [-0.15, -0.1) is 0 Å². The van der Waals surface area contributed by atoms with Crippen LogP contribution in [0.3, 0.4) is 0 Å². The lowest BCUT2D eigenvalue weighted by molar-refractivity contribution is -0.215. The van der Waals surface area contributed by atoms with Crippen LogP contribution in [0.1, 0.15) is 83.5 Å². The third-order valence-corrected chi connectivity index (χ3v) is 11.8. The zero-order valence-corrected chi connectivity index (χ0v) is 25.2. The van der Waals surface area contributed by atoms with E-state index in [9.17, 15) is 9.59 Å². The Morgan fingerprint density at radius 1 is 0.929 bits per heavy atom. The highest BCUT2D eigenvalue weighted by Crippen LogP contribution is 2.51. The zero-order chi connectivity index (χ0) is 28.6. The van der Waals surface area contributed by atoms with Crippen LogP contribution in [-0.2, 0) is 19.1 Å². The largest absolute Gasteiger partial charge is 0.378 e. The molecular formula is C33H51FN4O4. The van der Waals surface area contributed by atoms with E-state index in [1.165, 1.54) is 57.8 Å². The molecule has 7 aliphatic rings. The Hall–Kier alpha value is -1.55. The SMILES string of the molecule is O=C1C(C(=O)N2CCOCC2)=CN2C3C(CCC4CCCCC43)OC3C(NCCCNC4CCCCC4)C(F)CC1C32. The number of fused-ring (bicyclic) bond motifs is 4. The summed E-state index contributed by atoms with van der Waals surface area (Å²) in [5, 5.41) is 7.26. The van der Waals surface area contributed by atoms with Gasteiger partial charge in [0, 0.05) is 31.2 Å². The standard InChI is InChI=1S/C33H51FN4O4/c34-26-19-24-30-32(28(26)36-14-6-13-35-22-8-2-1-3-9-22)42-27-12-11-21-7-4-5-10-23(21)29(27)38(30)20-25(31(24)39)33(40)37-15-17-41-18-16-37/h20-24,26-30,32,35-36H,1-19H2. The minimum atomic E-state index is -1.19. The summed E-state index contributed by atoms with van der Waals surface area (Å²) >= 11 is 0. The summed E-state index contributed by atoms with van der Waals surface area (Å²) < 4.78 is 28.5. The van der Waals surface area contributed by atoms with E-state index < -0.39 is 24.2 Å². The van der Waals surface area contributed by atoms with Crippen molar-refractivity contribution in [2.45, 2.75) is 126 Å². The van der Waals surface area contributed by atoms with Crippen LogP contribution in [0.4, 0.5) is 4.39 Å². The van der Waals surface area contributed by atoms with Crippen molar-refractivity contribution in [3.8, 4) is 0 Å². The van der Waals surface area contributed by atoms with E-state index in [0.29, 0.717) is 44.2 Å². The maximum absolute atomic E-state index is 16.1. The van der Waals surface area contributed by atoms with Gasteiger partial charge in [0.2, 0.25) is 0 Å². The average Bonchev–Trinajstić information content (AvgIpc) is 3.03. The molecule has 8 nitrogen and oxygen atoms in total. The van der Waals surface area contributed by atoms with Gasteiger partial charge in [0.15, 0.2) is 5.78 Å². The van der Waals surface area contributed by atoms with Crippen LogP contribution in [-0.4, -0.2) is 103 Å². The first-order valence-corrected chi connectivity index (χ1v) is 17.3. The second kappa shape index (κ2) is 12.8. The van der Waals surface area contributed by atoms with Crippen molar-refractivity contribution in [2.75, 3.05) is 39.4 Å². The number of hydrogen-bond donors (Lipinski definition) is 2. The minimum Gasteiger partial charge on any atom is -0.378 e. The monoisotopic (exact) mass is 586 g/mol. The van der Waals surface area contributed by atoms with E-state index in [1.54, 1.807) is 4.90 Å². The Morgan fingerprint density at radius 2 is 1.69 bits per heavy atom. The molecule has 9 atom stereocenters. The number of carbonyl (C=O) groups excluding carboxylic acids is 2. The molecule has 234 valence electrons. The van der Waals surface area contributed by atoms with Gasteiger partial charge in [0.25, 0.3) is 5.91 Å². The van der Waals surface area contributed by atoms with Crippen molar-refractivity contribution < 1.29 is 23.5 Å². The topological polar surface area (TPSA) is 83.1 Å². The first-order chi connectivity index (χ1) is 20.6. The summed E-state index contributed by atoms with van der Waals surface area (Å²) in [6, 6.07) is 0.126. The van der Waals surface area contributed by atoms with E-state index in [4.69, 9.17) is 9.47 Å². The maximum Gasteiger partial charge on any atom is 0.259 e. The number of halogens is 1. The number of alkyl halides is 1. The first-order valence-electron chi connectivity index (χ1n) is 17.3. The Labute approximate surface area is 250 Å². The highest BCUT2D eigenvalue weighted by Gasteiger charge is 2.60. The van der Waals surface area contributed by atoms with Crippen LogP contribution >= 0.6 is 0 Å². The molecule has 42 heavy (non-hydrogen) atoms. The number of ether oxygens (including phenoxy) is 2. The van der Waals surface area contributed by atoms with E-state index in [-0.39, 0.29) is 41.9 Å². The van der Waals surface area contributed by atoms with Gasteiger partial charge in [0.1, 0.15) is 6.17 Å². The molecule has 6 fully saturated rings. The van der Waals surface area contributed by atoms with Crippen LogP contribution in [0.25, 0.3) is 0 Å². The van der Waals surface area contributed by atoms with Crippen molar-refractivity contribution in [3.63, 3.8) is 0 Å². The molecule has 1 amide bonds. The molecule has 4 aliphatic carbocycles. The predicted octanol–water partition coefficient (Wildman–Crippen LogP) is 3.35. The lowest BCUT2D eigenvalue weighted by Gasteiger charge is -2.62. The molecule has 0 aromatic carbocycles. The van der Waals surface area contributed by atoms with Gasteiger partial charge >= 0.3 is 0 Å². The fraction of sp³-hybridized carbons (Fsp3) is 0.879. The molecule has 9 unspecified atom stereocenters.